The summed E-state index contributed by atoms with van der Waals surface area (Å²) >= 11 is 0. The van der Waals surface area contributed by atoms with Gasteiger partial charge in [0.2, 0.25) is 5.91 Å². The summed E-state index contributed by atoms with van der Waals surface area (Å²) in [4.78, 5) is 42.6. The van der Waals surface area contributed by atoms with Crippen molar-refractivity contribution in [1.82, 2.24) is 20.0 Å². The predicted octanol–water partition coefficient (Wildman–Crippen LogP) is 2.72. The summed E-state index contributed by atoms with van der Waals surface area (Å²) in [5.41, 5.74) is 5.20. The maximum atomic E-state index is 13.4. The Hall–Kier alpha value is -4.21. The third-order valence-electron chi connectivity index (χ3n) is 7.01. The number of nitro benzene ring substituents is 1. The first-order valence-electron chi connectivity index (χ1n) is 12.1. The summed E-state index contributed by atoms with van der Waals surface area (Å²) in [7, 11) is 0. The first-order valence-corrected chi connectivity index (χ1v) is 12.1. The van der Waals surface area contributed by atoms with Gasteiger partial charge in [-0.25, -0.2) is 0 Å². The van der Waals surface area contributed by atoms with Crippen molar-refractivity contribution < 1.29 is 14.5 Å². The minimum absolute atomic E-state index is 0.00454. The highest BCUT2D eigenvalue weighted by molar-refractivity contribution is 5.94. The Kier molecular flexibility index (Phi) is 6.41. The van der Waals surface area contributed by atoms with Crippen LogP contribution >= 0.6 is 0 Å². The number of hydrogen-bond acceptors (Lipinski definition) is 6. The molecule has 0 radical (unpaired) electrons. The summed E-state index contributed by atoms with van der Waals surface area (Å²) in [6.07, 6.45) is 0.748. The molecule has 10 heteroatoms. The van der Waals surface area contributed by atoms with Crippen LogP contribution in [0.5, 0.6) is 0 Å². The number of para-hydroxylation sites is 1. The second-order valence-electron chi connectivity index (χ2n) is 9.26. The van der Waals surface area contributed by atoms with E-state index < -0.39 is 4.92 Å². The molecule has 0 bridgehead atoms. The Morgan fingerprint density at radius 2 is 1.72 bits per heavy atom. The first-order chi connectivity index (χ1) is 17.4. The van der Waals surface area contributed by atoms with E-state index >= 15 is 0 Å². The molecule has 0 aliphatic carbocycles. The van der Waals surface area contributed by atoms with Crippen LogP contribution in [0, 0.1) is 17.0 Å². The molecule has 2 aliphatic heterocycles. The van der Waals surface area contributed by atoms with Crippen LogP contribution in [0.2, 0.25) is 0 Å². The zero-order chi connectivity index (χ0) is 25.2. The number of non-ortho nitro benzene ring substituents is 1. The van der Waals surface area contributed by atoms with Gasteiger partial charge in [0.05, 0.1) is 11.3 Å². The predicted molar refractivity (Wildman–Crippen MR) is 134 cm³/mol. The smallest absolute Gasteiger partial charge is 0.274 e. The Bertz CT molecular complexity index is 1290. The van der Waals surface area contributed by atoms with Gasteiger partial charge in [-0.2, -0.15) is 5.10 Å². The Morgan fingerprint density at radius 3 is 2.42 bits per heavy atom. The van der Waals surface area contributed by atoms with E-state index in [-0.39, 0.29) is 23.9 Å². The summed E-state index contributed by atoms with van der Waals surface area (Å²) in [5.74, 6) is -0.192. The number of carbonyl (C=O) groups excluding carboxylic acids is 2. The summed E-state index contributed by atoms with van der Waals surface area (Å²) in [6.45, 7) is 5.67. The van der Waals surface area contributed by atoms with Gasteiger partial charge in [0.1, 0.15) is 0 Å². The van der Waals surface area contributed by atoms with Gasteiger partial charge < -0.3 is 14.7 Å². The molecule has 0 atom stereocenters. The lowest BCUT2D eigenvalue weighted by molar-refractivity contribution is -0.384. The fraction of sp³-hybridized carbons (Fsp3) is 0.346. The van der Waals surface area contributed by atoms with Crippen molar-refractivity contribution in [3.63, 3.8) is 0 Å². The van der Waals surface area contributed by atoms with Crippen molar-refractivity contribution >= 4 is 23.2 Å². The molecule has 0 unspecified atom stereocenters. The lowest BCUT2D eigenvalue weighted by Gasteiger charge is -2.36. The second kappa shape index (κ2) is 9.80. The van der Waals surface area contributed by atoms with Crippen LogP contribution in [0.1, 0.15) is 32.9 Å². The number of hydrogen-bond donors (Lipinski definition) is 1. The van der Waals surface area contributed by atoms with E-state index in [4.69, 9.17) is 0 Å². The van der Waals surface area contributed by atoms with Gasteiger partial charge in [-0.1, -0.05) is 30.3 Å². The molecule has 1 fully saturated rings. The minimum atomic E-state index is -0.461. The van der Waals surface area contributed by atoms with E-state index in [2.05, 4.69) is 34.2 Å². The number of benzene rings is 2. The molecular formula is C26H28N6O4. The molecule has 2 aromatic carbocycles. The molecule has 5 rings (SSSR count). The number of nitrogens with one attached hydrogen (secondary N) is 1. The van der Waals surface area contributed by atoms with Gasteiger partial charge in [0.15, 0.2) is 5.69 Å². The standard InChI is InChI=1S/C26H28N6O4/c1-18-4-2-3-5-23(18)29-12-14-30(15-13-29)26(34)25-21-17-31(11-10-22(21)27-28-25)24(33)16-19-6-8-20(9-7-19)32(35)36/h2-9H,10-17H2,1H3,(H,27,28). The topological polar surface area (TPSA) is 116 Å². The van der Waals surface area contributed by atoms with E-state index in [9.17, 15) is 19.7 Å². The number of H-pyrrole nitrogens is 1. The third-order valence-corrected chi connectivity index (χ3v) is 7.01. The lowest BCUT2D eigenvalue weighted by Crippen LogP contribution is -2.49. The van der Waals surface area contributed by atoms with E-state index in [0.29, 0.717) is 43.9 Å². The fourth-order valence-electron chi connectivity index (χ4n) is 4.93. The maximum absolute atomic E-state index is 13.4. The SMILES string of the molecule is Cc1ccccc1N1CCN(C(=O)c2n[nH]c3c2CN(C(=O)Cc2ccc([N+](=O)[O-])cc2)CC3)CC1. The number of fused-ring (bicyclic) bond motifs is 1. The quantitative estimate of drug-likeness (QED) is 0.436. The number of piperazine rings is 1. The van der Waals surface area contributed by atoms with Gasteiger partial charge in [-0.3, -0.25) is 24.8 Å². The average Bonchev–Trinajstić information content (AvgIpc) is 3.32. The number of anilines is 1. The van der Waals surface area contributed by atoms with Crippen LogP contribution in [0.25, 0.3) is 0 Å². The molecule has 1 N–H and O–H groups in total. The van der Waals surface area contributed by atoms with Crippen molar-refractivity contribution in [2.45, 2.75) is 26.3 Å². The number of nitrogens with zero attached hydrogens (tertiary/aromatic N) is 5. The Morgan fingerprint density at radius 1 is 1.00 bits per heavy atom. The van der Waals surface area contributed by atoms with Crippen LogP contribution in [0.3, 0.4) is 0 Å². The van der Waals surface area contributed by atoms with Crippen LogP contribution in [-0.2, 0) is 24.2 Å². The molecule has 2 amide bonds. The van der Waals surface area contributed by atoms with Crippen molar-refractivity contribution in [1.29, 1.82) is 0 Å². The molecule has 10 nitrogen and oxygen atoms in total. The zero-order valence-electron chi connectivity index (χ0n) is 20.1. The molecule has 1 aromatic heterocycles. The first kappa shape index (κ1) is 23.5. The minimum Gasteiger partial charge on any atom is -0.368 e. The van der Waals surface area contributed by atoms with Gasteiger partial charge >= 0.3 is 0 Å². The number of rotatable bonds is 5. The van der Waals surface area contributed by atoms with Gasteiger partial charge in [0, 0.05) is 74.8 Å². The van der Waals surface area contributed by atoms with Gasteiger partial charge in [-0.05, 0) is 24.1 Å². The van der Waals surface area contributed by atoms with Crippen LogP contribution in [-0.4, -0.2) is 69.5 Å². The molecule has 3 aromatic rings. The molecule has 3 heterocycles. The number of aromatic nitrogens is 2. The van der Waals surface area contributed by atoms with Crippen molar-refractivity contribution in [3.8, 4) is 0 Å². The average molecular weight is 489 g/mol. The van der Waals surface area contributed by atoms with Gasteiger partial charge in [0.25, 0.3) is 11.6 Å². The second-order valence-corrected chi connectivity index (χ2v) is 9.26. The van der Waals surface area contributed by atoms with Crippen LogP contribution in [0.15, 0.2) is 48.5 Å². The van der Waals surface area contributed by atoms with Crippen molar-refractivity contribution in [2.75, 3.05) is 37.6 Å². The van der Waals surface area contributed by atoms with E-state index in [1.165, 1.54) is 23.4 Å². The highest BCUT2D eigenvalue weighted by atomic mass is 16.6. The molecule has 0 spiro atoms. The molecule has 1 saturated heterocycles. The van der Waals surface area contributed by atoms with Gasteiger partial charge in [-0.15, -0.1) is 0 Å². The molecule has 36 heavy (non-hydrogen) atoms. The maximum Gasteiger partial charge on any atom is 0.274 e. The van der Waals surface area contributed by atoms with Crippen LogP contribution in [0.4, 0.5) is 11.4 Å². The molecule has 2 aliphatic rings. The van der Waals surface area contributed by atoms with E-state index in [1.54, 1.807) is 17.0 Å². The van der Waals surface area contributed by atoms with Crippen molar-refractivity contribution in [2.24, 2.45) is 0 Å². The Labute approximate surface area is 208 Å². The molecule has 186 valence electrons. The largest absolute Gasteiger partial charge is 0.368 e. The van der Waals surface area contributed by atoms with E-state index in [1.807, 2.05) is 17.0 Å². The monoisotopic (exact) mass is 488 g/mol. The number of aryl methyl sites for hydroxylation is 1. The molecular weight excluding hydrogens is 460 g/mol. The normalized spacial score (nSPS) is 15.5. The summed E-state index contributed by atoms with van der Waals surface area (Å²) < 4.78 is 0. The molecule has 0 saturated carbocycles. The fourth-order valence-corrected chi connectivity index (χ4v) is 4.93. The summed E-state index contributed by atoms with van der Waals surface area (Å²) in [6, 6.07) is 14.3. The lowest BCUT2D eigenvalue weighted by atomic mass is 10.0. The number of amides is 2. The Balaban J connectivity index is 1.23. The zero-order valence-corrected chi connectivity index (χ0v) is 20.1. The number of aromatic amines is 1. The highest BCUT2D eigenvalue weighted by Crippen LogP contribution is 2.25. The van der Waals surface area contributed by atoms with E-state index in [0.717, 1.165) is 24.3 Å². The third kappa shape index (κ3) is 4.66. The summed E-state index contributed by atoms with van der Waals surface area (Å²) in [5, 5.41) is 18.2. The van der Waals surface area contributed by atoms with Crippen LogP contribution < -0.4 is 4.90 Å². The highest BCUT2D eigenvalue weighted by Gasteiger charge is 2.31. The van der Waals surface area contributed by atoms with Crippen molar-refractivity contribution in [3.05, 3.63) is 86.7 Å². The number of nitro groups is 1. The number of carbonyl (C=O) groups is 2.